The first kappa shape index (κ1) is 12.5. The molecule has 1 amide bonds. The molecule has 2 unspecified atom stereocenters. The molecule has 1 heterocycles. The number of carbonyl (C=O) groups is 1. The molecule has 0 saturated carbocycles. The second kappa shape index (κ2) is 6.11. The number of carbonyl (C=O) groups excluding carboxylic acids is 1. The summed E-state index contributed by atoms with van der Waals surface area (Å²) in [6.45, 7) is 5.11. The minimum absolute atomic E-state index is 0.159. The first-order valence-electron chi connectivity index (χ1n) is 6.23. The van der Waals surface area contributed by atoms with E-state index in [1.165, 1.54) is 12.8 Å². The van der Waals surface area contributed by atoms with Crippen LogP contribution in [0, 0.1) is 0 Å². The summed E-state index contributed by atoms with van der Waals surface area (Å²) in [5.74, 6) is 0.159. The van der Waals surface area contributed by atoms with Gasteiger partial charge in [0.1, 0.15) is 0 Å². The van der Waals surface area contributed by atoms with Crippen LogP contribution in [0.3, 0.4) is 0 Å². The number of nitrogens with zero attached hydrogens (tertiary/aromatic N) is 1. The van der Waals surface area contributed by atoms with Gasteiger partial charge in [0, 0.05) is 12.6 Å². The summed E-state index contributed by atoms with van der Waals surface area (Å²) in [6, 6.07) is 0.0958. The van der Waals surface area contributed by atoms with E-state index in [4.69, 9.17) is 5.73 Å². The van der Waals surface area contributed by atoms with E-state index in [2.05, 4.69) is 13.8 Å². The summed E-state index contributed by atoms with van der Waals surface area (Å²) in [7, 11) is 0. The van der Waals surface area contributed by atoms with Crippen molar-refractivity contribution in [2.75, 3.05) is 6.54 Å². The van der Waals surface area contributed by atoms with Crippen LogP contribution in [0.4, 0.5) is 0 Å². The van der Waals surface area contributed by atoms with Gasteiger partial charge in [-0.25, -0.2) is 0 Å². The average molecular weight is 212 g/mol. The Morgan fingerprint density at radius 1 is 1.47 bits per heavy atom. The smallest absolute Gasteiger partial charge is 0.239 e. The Morgan fingerprint density at radius 3 is 2.87 bits per heavy atom. The summed E-state index contributed by atoms with van der Waals surface area (Å²) in [4.78, 5) is 14.0. The Hall–Kier alpha value is -0.570. The van der Waals surface area contributed by atoms with Gasteiger partial charge >= 0.3 is 0 Å². The van der Waals surface area contributed by atoms with E-state index >= 15 is 0 Å². The Kier molecular flexibility index (Phi) is 5.09. The topological polar surface area (TPSA) is 46.3 Å². The zero-order valence-corrected chi connectivity index (χ0v) is 10.0. The van der Waals surface area contributed by atoms with Crippen molar-refractivity contribution in [2.24, 2.45) is 5.73 Å². The molecule has 0 spiro atoms. The van der Waals surface area contributed by atoms with Crippen LogP contribution >= 0.6 is 0 Å². The second-order valence-corrected chi connectivity index (χ2v) is 4.63. The van der Waals surface area contributed by atoms with E-state index in [1.54, 1.807) is 0 Å². The van der Waals surface area contributed by atoms with Gasteiger partial charge in [-0.1, -0.05) is 26.2 Å². The maximum absolute atomic E-state index is 12.1. The van der Waals surface area contributed by atoms with E-state index < -0.39 is 0 Å². The quantitative estimate of drug-likeness (QED) is 0.776. The van der Waals surface area contributed by atoms with Gasteiger partial charge < -0.3 is 10.6 Å². The molecular weight excluding hydrogens is 188 g/mol. The van der Waals surface area contributed by atoms with E-state index in [9.17, 15) is 4.79 Å². The van der Waals surface area contributed by atoms with Crippen LogP contribution in [0.15, 0.2) is 0 Å². The minimum Gasteiger partial charge on any atom is -0.339 e. The highest BCUT2D eigenvalue weighted by Gasteiger charge is 2.25. The van der Waals surface area contributed by atoms with Gasteiger partial charge in [0.25, 0.3) is 0 Å². The maximum Gasteiger partial charge on any atom is 0.239 e. The Labute approximate surface area is 93.0 Å². The molecule has 0 radical (unpaired) electrons. The van der Waals surface area contributed by atoms with Crippen molar-refractivity contribution in [3.8, 4) is 0 Å². The maximum atomic E-state index is 12.1. The predicted molar refractivity (Wildman–Crippen MR) is 62.5 cm³/mol. The molecule has 1 fully saturated rings. The summed E-state index contributed by atoms with van der Waals surface area (Å²) in [5, 5.41) is 0. The molecule has 1 rings (SSSR count). The van der Waals surface area contributed by atoms with E-state index in [0.29, 0.717) is 6.04 Å². The SMILES string of the molecule is CCCC(N)C(=O)N1CCCCCC1C. The van der Waals surface area contributed by atoms with Crippen molar-refractivity contribution in [1.82, 2.24) is 4.90 Å². The normalized spacial score (nSPS) is 24.7. The monoisotopic (exact) mass is 212 g/mol. The number of rotatable bonds is 3. The highest BCUT2D eigenvalue weighted by molar-refractivity contribution is 5.81. The van der Waals surface area contributed by atoms with Gasteiger partial charge in [0.2, 0.25) is 5.91 Å². The number of nitrogens with two attached hydrogens (primary N) is 1. The molecule has 0 aromatic heterocycles. The molecule has 0 bridgehead atoms. The molecule has 15 heavy (non-hydrogen) atoms. The fourth-order valence-corrected chi connectivity index (χ4v) is 2.25. The van der Waals surface area contributed by atoms with Gasteiger partial charge in [-0.05, 0) is 26.2 Å². The van der Waals surface area contributed by atoms with Gasteiger partial charge in [0.05, 0.1) is 6.04 Å². The minimum atomic E-state index is -0.282. The third kappa shape index (κ3) is 3.49. The largest absolute Gasteiger partial charge is 0.339 e. The summed E-state index contributed by atoms with van der Waals surface area (Å²) in [5.41, 5.74) is 5.88. The van der Waals surface area contributed by atoms with Crippen LogP contribution in [0.25, 0.3) is 0 Å². The molecule has 1 aliphatic heterocycles. The second-order valence-electron chi connectivity index (χ2n) is 4.63. The van der Waals surface area contributed by atoms with Crippen molar-refractivity contribution in [3.05, 3.63) is 0 Å². The first-order valence-corrected chi connectivity index (χ1v) is 6.23. The molecular formula is C12H24N2O. The van der Waals surface area contributed by atoms with Crippen molar-refractivity contribution in [2.45, 2.75) is 64.5 Å². The van der Waals surface area contributed by atoms with Crippen LogP contribution in [0.5, 0.6) is 0 Å². The fraction of sp³-hybridized carbons (Fsp3) is 0.917. The standard InChI is InChI=1S/C12H24N2O/c1-3-7-11(13)12(15)14-9-6-4-5-8-10(14)2/h10-11H,3-9,13H2,1-2H3. The zero-order chi connectivity index (χ0) is 11.3. The first-order chi connectivity index (χ1) is 7.16. The summed E-state index contributed by atoms with van der Waals surface area (Å²) >= 11 is 0. The van der Waals surface area contributed by atoms with Crippen LogP contribution < -0.4 is 5.73 Å². The van der Waals surface area contributed by atoms with Crippen LogP contribution in [0.2, 0.25) is 0 Å². The molecule has 0 aromatic rings. The van der Waals surface area contributed by atoms with E-state index in [0.717, 1.165) is 32.2 Å². The third-order valence-electron chi connectivity index (χ3n) is 3.25. The van der Waals surface area contributed by atoms with Gasteiger partial charge in [0.15, 0.2) is 0 Å². The lowest BCUT2D eigenvalue weighted by atomic mass is 10.1. The molecule has 0 aromatic carbocycles. The molecule has 0 aliphatic carbocycles. The highest BCUT2D eigenvalue weighted by Crippen LogP contribution is 2.17. The van der Waals surface area contributed by atoms with Crippen LogP contribution in [0.1, 0.15) is 52.4 Å². The summed E-state index contributed by atoms with van der Waals surface area (Å²) in [6.07, 6.45) is 6.54. The van der Waals surface area contributed by atoms with Crippen LogP contribution in [-0.4, -0.2) is 29.4 Å². The van der Waals surface area contributed by atoms with E-state index in [1.807, 2.05) is 4.90 Å². The molecule has 2 N–H and O–H groups in total. The molecule has 1 aliphatic rings. The number of hydrogen-bond acceptors (Lipinski definition) is 2. The zero-order valence-electron chi connectivity index (χ0n) is 10.0. The molecule has 1 saturated heterocycles. The molecule has 2 atom stereocenters. The average Bonchev–Trinajstić information content (AvgIpc) is 2.42. The Morgan fingerprint density at radius 2 is 2.20 bits per heavy atom. The van der Waals surface area contributed by atoms with Crippen molar-refractivity contribution >= 4 is 5.91 Å². The van der Waals surface area contributed by atoms with Crippen molar-refractivity contribution in [3.63, 3.8) is 0 Å². The molecule has 3 heteroatoms. The van der Waals surface area contributed by atoms with Crippen molar-refractivity contribution in [1.29, 1.82) is 0 Å². The number of likely N-dealkylation sites (tertiary alicyclic amines) is 1. The molecule has 3 nitrogen and oxygen atoms in total. The highest BCUT2D eigenvalue weighted by atomic mass is 16.2. The Balaban J connectivity index is 2.55. The third-order valence-corrected chi connectivity index (χ3v) is 3.25. The fourth-order valence-electron chi connectivity index (χ4n) is 2.25. The number of amides is 1. The molecule has 88 valence electrons. The number of hydrogen-bond donors (Lipinski definition) is 1. The van der Waals surface area contributed by atoms with E-state index in [-0.39, 0.29) is 11.9 Å². The van der Waals surface area contributed by atoms with Gasteiger partial charge in [-0.15, -0.1) is 0 Å². The lowest BCUT2D eigenvalue weighted by molar-refractivity contribution is -0.134. The lowest BCUT2D eigenvalue weighted by Crippen LogP contribution is -2.47. The lowest BCUT2D eigenvalue weighted by Gasteiger charge is -2.29. The Bertz CT molecular complexity index is 206. The predicted octanol–water partition coefficient (Wildman–Crippen LogP) is 1.90. The van der Waals surface area contributed by atoms with Gasteiger partial charge in [-0.2, -0.15) is 0 Å². The van der Waals surface area contributed by atoms with Crippen molar-refractivity contribution < 1.29 is 4.79 Å². The summed E-state index contributed by atoms with van der Waals surface area (Å²) < 4.78 is 0. The van der Waals surface area contributed by atoms with Gasteiger partial charge in [-0.3, -0.25) is 4.79 Å². The van der Waals surface area contributed by atoms with Crippen LogP contribution in [-0.2, 0) is 4.79 Å².